The van der Waals surface area contributed by atoms with Crippen LogP contribution in [-0.4, -0.2) is 40.4 Å². The van der Waals surface area contributed by atoms with Crippen LogP contribution in [0.5, 0.6) is 5.75 Å². The zero-order chi connectivity index (χ0) is 24.0. The van der Waals surface area contributed by atoms with E-state index in [1.54, 1.807) is 32.9 Å². The molecule has 1 aliphatic heterocycles. The monoisotopic (exact) mass is 479 g/mol. The van der Waals surface area contributed by atoms with Crippen molar-refractivity contribution in [1.82, 2.24) is 14.6 Å². The topological polar surface area (TPSA) is 121 Å². The van der Waals surface area contributed by atoms with E-state index in [4.69, 9.17) is 18.5 Å². The number of carbonyl (C=O) groups excluding carboxylic acids is 1. The van der Waals surface area contributed by atoms with Crippen molar-refractivity contribution in [2.45, 2.75) is 58.6 Å². The van der Waals surface area contributed by atoms with Gasteiger partial charge in [-0.05, 0) is 45.2 Å². The van der Waals surface area contributed by atoms with E-state index in [0.29, 0.717) is 12.2 Å². The van der Waals surface area contributed by atoms with Gasteiger partial charge < -0.3 is 18.5 Å². The summed E-state index contributed by atoms with van der Waals surface area (Å²) in [5.41, 5.74) is -0.975. The van der Waals surface area contributed by atoms with Crippen LogP contribution in [0.3, 0.4) is 0 Å². The number of H-pyrrole nitrogens is 1. The predicted molar refractivity (Wildman–Crippen MR) is 123 cm³/mol. The molecule has 11 heteroatoms. The number of ether oxygens (including phenoxy) is 2. The molecule has 0 radical (unpaired) electrons. The number of nitrogens with zero attached hydrogens (tertiary/aromatic N) is 1. The molecule has 5 atom stereocenters. The molecular weight excluding hydrogens is 449 g/mol. The summed E-state index contributed by atoms with van der Waals surface area (Å²) in [5, 5.41) is 3.06. The second kappa shape index (κ2) is 11.6. The van der Waals surface area contributed by atoms with Crippen LogP contribution in [0.2, 0.25) is 0 Å². The maximum atomic E-state index is 12.2. The highest BCUT2D eigenvalue weighted by Gasteiger charge is 2.35. The number of hydrogen-bond donors (Lipinski definition) is 2. The highest BCUT2D eigenvalue weighted by Crippen LogP contribution is 2.39. The Balaban J connectivity index is 1.64. The molecule has 1 aromatic carbocycles. The molecule has 33 heavy (non-hydrogen) atoms. The quantitative estimate of drug-likeness (QED) is 0.394. The first-order chi connectivity index (χ1) is 15.7. The highest BCUT2D eigenvalue weighted by atomic mass is 31.2. The third kappa shape index (κ3) is 7.23. The second-order valence-electron chi connectivity index (χ2n) is 8.15. The first kappa shape index (κ1) is 25.1. The maximum Gasteiger partial charge on any atom is 0.330 e. The highest BCUT2D eigenvalue weighted by molar-refractivity contribution is 7.45. The summed E-state index contributed by atoms with van der Waals surface area (Å²) in [6.45, 7) is 7.44. The number of rotatable bonds is 10. The van der Waals surface area contributed by atoms with Crippen molar-refractivity contribution in [3.05, 3.63) is 63.4 Å². The Labute approximate surface area is 193 Å². The zero-order valence-electron chi connectivity index (χ0n) is 19.1. The van der Waals surface area contributed by atoms with Crippen LogP contribution >= 0.6 is 8.53 Å². The lowest BCUT2D eigenvalue weighted by Crippen LogP contribution is -2.35. The molecule has 0 aliphatic carbocycles. The normalized spacial score (nSPS) is 22.2. The molecule has 1 aromatic heterocycles. The maximum absolute atomic E-state index is 12.2. The molecular formula is C22H30N3O7P. The smallest absolute Gasteiger partial charge is 0.330 e. The molecule has 2 N–H and O–H groups in total. The van der Waals surface area contributed by atoms with Gasteiger partial charge in [-0.3, -0.25) is 19.1 Å². The largest absolute Gasteiger partial charge is 0.462 e. The van der Waals surface area contributed by atoms with Gasteiger partial charge in [0.1, 0.15) is 18.0 Å². The molecule has 3 rings (SSSR count). The molecule has 180 valence electrons. The Bertz CT molecular complexity index is 1030. The van der Waals surface area contributed by atoms with Crippen LogP contribution < -0.4 is 20.9 Å². The Morgan fingerprint density at radius 1 is 1.24 bits per heavy atom. The molecule has 4 unspecified atom stereocenters. The number of aromatic amines is 1. The number of aromatic nitrogens is 2. The standard InChI is InChI=1S/C22H30N3O7P/c1-14(2)30-21(27)16(4)24-33(32-17-8-6-5-7-9-17)29-13-18-15(3)12-20(31-18)25-11-10-19(26)23-22(25)28/h5-11,14-16,18,20,24H,12-13H2,1-4H3,(H,23,26,28)/t15?,16?,18?,20-,33?/m1/s1. The first-order valence-corrected chi connectivity index (χ1v) is 12.0. The molecule has 1 saturated heterocycles. The van der Waals surface area contributed by atoms with Crippen molar-refractivity contribution < 1.29 is 23.3 Å². The van der Waals surface area contributed by atoms with Crippen LogP contribution in [0.25, 0.3) is 0 Å². The van der Waals surface area contributed by atoms with Gasteiger partial charge in [-0.1, -0.05) is 25.1 Å². The molecule has 0 saturated carbocycles. The number of benzene rings is 1. The average molecular weight is 479 g/mol. The molecule has 1 fully saturated rings. The zero-order valence-corrected chi connectivity index (χ0v) is 20.0. The summed E-state index contributed by atoms with van der Waals surface area (Å²) >= 11 is 0. The van der Waals surface area contributed by atoms with Crippen LogP contribution in [-0.2, 0) is 18.8 Å². The van der Waals surface area contributed by atoms with Crippen molar-refractivity contribution in [3.8, 4) is 5.75 Å². The molecule has 2 aromatic rings. The number of nitrogens with one attached hydrogen (secondary N) is 2. The minimum atomic E-state index is -1.69. The first-order valence-electron chi connectivity index (χ1n) is 10.8. The average Bonchev–Trinajstić information content (AvgIpc) is 3.12. The fourth-order valence-corrected chi connectivity index (χ4v) is 4.45. The fraction of sp³-hybridized carbons (Fsp3) is 0.500. The summed E-state index contributed by atoms with van der Waals surface area (Å²) in [7, 11) is -1.69. The Morgan fingerprint density at radius 3 is 2.64 bits per heavy atom. The minimum Gasteiger partial charge on any atom is -0.462 e. The van der Waals surface area contributed by atoms with Crippen molar-refractivity contribution in [2.75, 3.05) is 6.61 Å². The van der Waals surface area contributed by atoms with E-state index in [9.17, 15) is 14.4 Å². The lowest BCUT2D eigenvalue weighted by atomic mass is 10.0. The molecule has 1 aliphatic rings. The van der Waals surface area contributed by atoms with Gasteiger partial charge in [-0.2, -0.15) is 0 Å². The van der Waals surface area contributed by atoms with Gasteiger partial charge in [0.25, 0.3) is 5.56 Å². The van der Waals surface area contributed by atoms with E-state index in [1.165, 1.54) is 16.8 Å². The van der Waals surface area contributed by atoms with Crippen LogP contribution in [0.15, 0.2) is 52.2 Å². The third-order valence-corrected chi connectivity index (χ3v) is 6.35. The Morgan fingerprint density at radius 2 is 1.97 bits per heavy atom. The van der Waals surface area contributed by atoms with Gasteiger partial charge in [-0.15, -0.1) is 0 Å². The predicted octanol–water partition coefficient (Wildman–Crippen LogP) is 2.71. The second-order valence-corrected chi connectivity index (χ2v) is 9.37. The number of para-hydroxylation sites is 1. The molecule has 0 amide bonds. The molecule has 2 heterocycles. The van der Waals surface area contributed by atoms with Gasteiger partial charge in [0.05, 0.1) is 18.8 Å². The van der Waals surface area contributed by atoms with Crippen molar-refractivity contribution in [2.24, 2.45) is 5.92 Å². The number of hydrogen-bond acceptors (Lipinski definition) is 8. The van der Waals surface area contributed by atoms with Gasteiger partial charge in [0.15, 0.2) is 0 Å². The van der Waals surface area contributed by atoms with E-state index in [-0.39, 0.29) is 24.7 Å². The minimum absolute atomic E-state index is 0.0886. The van der Waals surface area contributed by atoms with Gasteiger partial charge in [0.2, 0.25) is 0 Å². The van der Waals surface area contributed by atoms with Gasteiger partial charge >= 0.3 is 20.2 Å². The summed E-state index contributed by atoms with van der Waals surface area (Å²) in [6, 6.07) is 9.79. The van der Waals surface area contributed by atoms with Gasteiger partial charge in [0, 0.05) is 12.3 Å². The van der Waals surface area contributed by atoms with E-state index in [2.05, 4.69) is 10.1 Å². The third-order valence-electron chi connectivity index (χ3n) is 4.99. The van der Waals surface area contributed by atoms with E-state index in [0.717, 1.165) is 0 Å². The van der Waals surface area contributed by atoms with Crippen LogP contribution in [0, 0.1) is 5.92 Å². The van der Waals surface area contributed by atoms with Crippen molar-refractivity contribution in [1.29, 1.82) is 0 Å². The van der Waals surface area contributed by atoms with E-state index >= 15 is 0 Å². The molecule has 0 spiro atoms. The molecule has 0 bridgehead atoms. The Kier molecular flexibility index (Phi) is 8.80. The van der Waals surface area contributed by atoms with Gasteiger partial charge in [-0.25, -0.2) is 9.88 Å². The fourth-order valence-electron chi connectivity index (χ4n) is 3.25. The summed E-state index contributed by atoms with van der Waals surface area (Å²) in [4.78, 5) is 37.9. The number of esters is 1. The van der Waals surface area contributed by atoms with E-state index < -0.39 is 38.0 Å². The summed E-state index contributed by atoms with van der Waals surface area (Å²) < 4.78 is 24.6. The summed E-state index contributed by atoms with van der Waals surface area (Å²) in [6.07, 6.45) is 0.966. The van der Waals surface area contributed by atoms with E-state index in [1.807, 2.05) is 25.1 Å². The lowest BCUT2D eigenvalue weighted by Gasteiger charge is -2.24. The van der Waals surface area contributed by atoms with Crippen LogP contribution in [0.1, 0.15) is 40.3 Å². The van der Waals surface area contributed by atoms with Crippen LogP contribution in [0.4, 0.5) is 0 Å². The number of carbonyl (C=O) groups is 1. The van der Waals surface area contributed by atoms with Crippen molar-refractivity contribution >= 4 is 14.5 Å². The lowest BCUT2D eigenvalue weighted by molar-refractivity contribution is -0.149. The van der Waals surface area contributed by atoms with Crippen molar-refractivity contribution in [3.63, 3.8) is 0 Å². The Hall–Kier alpha value is -2.52. The molecule has 10 nitrogen and oxygen atoms in total. The SMILES string of the molecule is CC(C)OC(=O)C(C)NP(OCC1O[C@@H](n2ccc(=O)[nH]c2=O)CC1C)Oc1ccccc1. The summed E-state index contributed by atoms with van der Waals surface area (Å²) in [5.74, 6) is 0.282.